The third kappa shape index (κ3) is 2.38. The first-order chi connectivity index (χ1) is 8.07. The highest BCUT2D eigenvalue weighted by molar-refractivity contribution is 9.10. The molecule has 0 fully saturated rings. The predicted octanol–water partition coefficient (Wildman–Crippen LogP) is 2.80. The number of halogens is 1. The highest BCUT2D eigenvalue weighted by atomic mass is 79.9. The van der Waals surface area contributed by atoms with Crippen molar-refractivity contribution in [2.24, 2.45) is 0 Å². The maximum absolute atomic E-state index is 11.4. The van der Waals surface area contributed by atoms with Gasteiger partial charge in [-0.2, -0.15) is 0 Å². The smallest absolute Gasteiger partial charge is 0.336 e. The second kappa shape index (κ2) is 4.78. The number of carbonyl (C=O) groups is 1. The van der Waals surface area contributed by atoms with Gasteiger partial charge in [-0.25, -0.2) is 4.79 Å². The van der Waals surface area contributed by atoms with Crippen molar-refractivity contribution in [1.29, 1.82) is 0 Å². The average Bonchev–Trinajstić information content (AvgIpc) is 2.29. The van der Waals surface area contributed by atoms with Gasteiger partial charge in [-0.3, -0.25) is 0 Å². The summed E-state index contributed by atoms with van der Waals surface area (Å²) in [6.45, 7) is 2.26. The van der Waals surface area contributed by atoms with Crippen molar-refractivity contribution in [3.8, 4) is 0 Å². The van der Waals surface area contributed by atoms with Gasteiger partial charge in [0.2, 0.25) is 0 Å². The van der Waals surface area contributed by atoms with Crippen LogP contribution in [0.2, 0.25) is 0 Å². The van der Waals surface area contributed by atoms with E-state index in [-0.39, 0.29) is 0 Å². The van der Waals surface area contributed by atoms with E-state index in [2.05, 4.69) is 22.0 Å². The second-order valence-electron chi connectivity index (χ2n) is 4.32. The summed E-state index contributed by atoms with van der Waals surface area (Å²) in [5.74, 6) is -0.854. The molecule has 0 aromatic heterocycles. The Morgan fingerprint density at radius 3 is 2.94 bits per heavy atom. The molecule has 0 amide bonds. The van der Waals surface area contributed by atoms with Crippen LogP contribution in [0.25, 0.3) is 0 Å². The van der Waals surface area contributed by atoms with Crippen molar-refractivity contribution in [2.75, 3.05) is 6.61 Å². The number of rotatable bonds is 3. The first kappa shape index (κ1) is 12.6. The molecule has 4 heteroatoms. The summed E-state index contributed by atoms with van der Waals surface area (Å²) in [5, 5.41) is 9.37. The highest BCUT2D eigenvalue weighted by Crippen LogP contribution is 2.33. The third-order valence-corrected chi connectivity index (χ3v) is 3.75. The summed E-state index contributed by atoms with van der Waals surface area (Å²) in [5.41, 5.74) is 1.27. The standard InChI is InChI=1S/C13H15BrO3/c1-2-17-13(12(15)16)6-5-9-7-11(14)4-3-10(9)8-13/h3-4,7H,2,5-6,8H2,1H3,(H,15,16). The zero-order valence-corrected chi connectivity index (χ0v) is 11.3. The molecule has 0 saturated carbocycles. The fraction of sp³-hybridized carbons (Fsp3) is 0.462. The van der Waals surface area contributed by atoms with E-state index in [4.69, 9.17) is 4.74 Å². The van der Waals surface area contributed by atoms with E-state index < -0.39 is 11.6 Å². The number of carboxylic acids is 1. The van der Waals surface area contributed by atoms with Gasteiger partial charge in [0, 0.05) is 17.5 Å². The van der Waals surface area contributed by atoms with Crippen molar-refractivity contribution in [1.82, 2.24) is 0 Å². The highest BCUT2D eigenvalue weighted by Gasteiger charge is 2.42. The van der Waals surface area contributed by atoms with E-state index in [0.29, 0.717) is 19.4 Å². The third-order valence-electron chi connectivity index (χ3n) is 3.25. The molecule has 0 aliphatic heterocycles. The van der Waals surface area contributed by atoms with Crippen molar-refractivity contribution >= 4 is 21.9 Å². The largest absolute Gasteiger partial charge is 0.479 e. The van der Waals surface area contributed by atoms with E-state index in [1.54, 1.807) is 0 Å². The molecule has 0 radical (unpaired) electrons. The molecular weight excluding hydrogens is 284 g/mol. The lowest BCUT2D eigenvalue weighted by molar-refractivity contribution is -0.167. The van der Waals surface area contributed by atoms with Gasteiger partial charge in [0.25, 0.3) is 0 Å². The number of fused-ring (bicyclic) bond motifs is 1. The molecule has 1 aliphatic rings. The molecule has 0 spiro atoms. The molecule has 0 heterocycles. The van der Waals surface area contributed by atoms with Gasteiger partial charge in [-0.15, -0.1) is 0 Å². The fourth-order valence-electron chi connectivity index (χ4n) is 2.38. The quantitative estimate of drug-likeness (QED) is 0.933. The van der Waals surface area contributed by atoms with Crippen molar-refractivity contribution in [3.63, 3.8) is 0 Å². The van der Waals surface area contributed by atoms with Crippen molar-refractivity contribution in [2.45, 2.75) is 31.8 Å². The van der Waals surface area contributed by atoms with Crippen LogP contribution in [0.5, 0.6) is 0 Å². The normalized spacial score (nSPS) is 23.2. The first-order valence-corrected chi connectivity index (χ1v) is 6.51. The van der Waals surface area contributed by atoms with Crippen LogP contribution in [0.15, 0.2) is 22.7 Å². The molecule has 1 N–H and O–H groups in total. The molecule has 1 aromatic carbocycles. The van der Waals surface area contributed by atoms with Crippen LogP contribution in [0.4, 0.5) is 0 Å². The molecule has 17 heavy (non-hydrogen) atoms. The molecule has 1 aromatic rings. The van der Waals surface area contributed by atoms with E-state index in [1.807, 2.05) is 19.1 Å². The lowest BCUT2D eigenvalue weighted by Crippen LogP contribution is -2.46. The summed E-state index contributed by atoms with van der Waals surface area (Å²) in [7, 11) is 0. The van der Waals surface area contributed by atoms with E-state index >= 15 is 0 Å². The summed E-state index contributed by atoms with van der Waals surface area (Å²) >= 11 is 3.43. The van der Waals surface area contributed by atoms with Gasteiger partial charge in [0.05, 0.1) is 0 Å². The summed E-state index contributed by atoms with van der Waals surface area (Å²) in [6, 6.07) is 5.99. The first-order valence-electron chi connectivity index (χ1n) is 5.72. The fourth-order valence-corrected chi connectivity index (χ4v) is 2.78. The molecular formula is C13H15BrO3. The molecule has 0 saturated heterocycles. The molecule has 0 bridgehead atoms. The van der Waals surface area contributed by atoms with Crippen LogP contribution in [-0.2, 0) is 22.4 Å². The minimum atomic E-state index is -1.03. The second-order valence-corrected chi connectivity index (χ2v) is 5.24. The van der Waals surface area contributed by atoms with Crippen LogP contribution in [0.1, 0.15) is 24.5 Å². The molecule has 1 unspecified atom stereocenters. The van der Waals surface area contributed by atoms with Crippen LogP contribution in [0, 0.1) is 0 Å². The summed E-state index contributed by atoms with van der Waals surface area (Å²) < 4.78 is 6.55. The molecule has 3 nitrogen and oxygen atoms in total. The predicted molar refractivity (Wildman–Crippen MR) is 68.2 cm³/mol. The van der Waals surface area contributed by atoms with Gasteiger partial charge in [-0.1, -0.05) is 22.0 Å². The lowest BCUT2D eigenvalue weighted by atomic mass is 9.80. The van der Waals surface area contributed by atoms with Gasteiger partial charge in [0.1, 0.15) is 0 Å². The number of benzene rings is 1. The Morgan fingerprint density at radius 1 is 1.53 bits per heavy atom. The van der Waals surface area contributed by atoms with Crippen molar-refractivity contribution < 1.29 is 14.6 Å². The maximum Gasteiger partial charge on any atom is 0.336 e. The molecule has 2 rings (SSSR count). The van der Waals surface area contributed by atoms with Gasteiger partial charge < -0.3 is 9.84 Å². The Balaban J connectivity index is 2.33. The molecule has 1 atom stereocenters. The molecule has 1 aliphatic carbocycles. The van der Waals surface area contributed by atoms with Crippen LogP contribution in [-0.4, -0.2) is 23.3 Å². The van der Waals surface area contributed by atoms with Gasteiger partial charge >= 0.3 is 5.97 Å². The Bertz CT molecular complexity index is 444. The number of hydrogen-bond donors (Lipinski definition) is 1. The monoisotopic (exact) mass is 298 g/mol. The van der Waals surface area contributed by atoms with Crippen LogP contribution < -0.4 is 0 Å². The Hall–Kier alpha value is -0.870. The average molecular weight is 299 g/mol. The van der Waals surface area contributed by atoms with Gasteiger partial charge in [0.15, 0.2) is 5.60 Å². The lowest BCUT2D eigenvalue weighted by Gasteiger charge is -2.34. The van der Waals surface area contributed by atoms with E-state index in [9.17, 15) is 9.90 Å². The number of hydrogen-bond acceptors (Lipinski definition) is 2. The van der Waals surface area contributed by atoms with Crippen molar-refractivity contribution in [3.05, 3.63) is 33.8 Å². The van der Waals surface area contributed by atoms with Gasteiger partial charge in [-0.05, 0) is 43.0 Å². The van der Waals surface area contributed by atoms with E-state index in [0.717, 1.165) is 16.5 Å². The SMILES string of the molecule is CCOC1(C(=O)O)CCc2cc(Br)ccc2C1. The Kier molecular flexibility index (Phi) is 3.54. The Labute approximate surface area is 109 Å². The number of carboxylic acid groups (broad SMARTS) is 1. The minimum Gasteiger partial charge on any atom is -0.479 e. The Morgan fingerprint density at radius 2 is 2.29 bits per heavy atom. The minimum absolute atomic E-state index is 0.429. The molecule has 92 valence electrons. The maximum atomic E-state index is 11.4. The summed E-state index contributed by atoms with van der Waals surface area (Å²) in [6.07, 6.45) is 1.75. The topological polar surface area (TPSA) is 46.5 Å². The van der Waals surface area contributed by atoms with Crippen LogP contribution >= 0.6 is 15.9 Å². The number of ether oxygens (including phenoxy) is 1. The zero-order chi connectivity index (χ0) is 12.5. The van der Waals surface area contributed by atoms with E-state index in [1.165, 1.54) is 5.56 Å². The van der Waals surface area contributed by atoms with Crippen LogP contribution in [0.3, 0.4) is 0 Å². The number of aliphatic carboxylic acids is 1. The number of aryl methyl sites for hydroxylation is 1. The summed E-state index contributed by atoms with van der Waals surface area (Å²) in [4.78, 5) is 11.4. The zero-order valence-electron chi connectivity index (χ0n) is 9.70.